The molecular weight excluding hydrogens is 232 g/mol. The lowest BCUT2D eigenvalue weighted by Crippen LogP contribution is -2.20. The van der Waals surface area contributed by atoms with Crippen molar-refractivity contribution in [2.24, 2.45) is 0 Å². The molecule has 0 spiro atoms. The molecule has 0 atom stereocenters. The summed E-state index contributed by atoms with van der Waals surface area (Å²) < 4.78 is 1.23. The number of nitrogens with zero attached hydrogens (tertiary/aromatic N) is 2. The fraction of sp³-hybridized carbons (Fsp3) is 0.154. The van der Waals surface area contributed by atoms with Crippen LogP contribution in [0.15, 0.2) is 29.3 Å². The Morgan fingerprint density at radius 1 is 1.33 bits per heavy atom. The number of carbonyl (C=O) groups excluding carboxylic acids is 1. The van der Waals surface area contributed by atoms with Gasteiger partial charge in [-0.25, -0.2) is 4.98 Å². The van der Waals surface area contributed by atoms with Gasteiger partial charge >= 0.3 is 0 Å². The summed E-state index contributed by atoms with van der Waals surface area (Å²) in [6, 6.07) is 4.99. The van der Waals surface area contributed by atoms with Crippen LogP contribution in [0, 0.1) is 13.8 Å². The Hall–Kier alpha value is -2.43. The van der Waals surface area contributed by atoms with E-state index in [0.717, 1.165) is 5.56 Å². The molecule has 0 aliphatic rings. The summed E-state index contributed by atoms with van der Waals surface area (Å²) in [5, 5.41) is 9.60. The van der Waals surface area contributed by atoms with Crippen molar-refractivity contribution in [2.45, 2.75) is 13.8 Å². The highest BCUT2D eigenvalue weighted by Crippen LogP contribution is 2.15. The Labute approximate surface area is 103 Å². The molecule has 0 saturated heterocycles. The first-order valence-electron chi connectivity index (χ1n) is 5.38. The van der Waals surface area contributed by atoms with E-state index in [1.54, 1.807) is 25.1 Å². The Balaban J connectivity index is 2.73. The SMILES string of the molecule is Cc1ccc(C=O)cc1-n1cnc(C)c(O)c1=O. The number of aldehydes is 1. The molecule has 2 aromatic rings. The summed E-state index contributed by atoms with van der Waals surface area (Å²) in [6.07, 6.45) is 2.05. The summed E-state index contributed by atoms with van der Waals surface area (Å²) in [7, 11) is 0. The molecule has 18 heavy (non-hydrogen) atoms. The number of aromatic hydroxyl groups is 1. The van der Waals surface area contributed by atoms with E-state index in [9.17, 15) is 14.7 Å². The number of aryl methyl sites for hydroxylation is 2. The van der Waals surface area contributed by atoms with Crippen molar-refractivity contribution >= 4 is 6.29 Å². The van der Waals surface area contributed by atoms with Crippen LogP contribution < -0.4 is 5.56 Å². The molecule has 1 N–H and O–H groups in total. The van der Waals surface area contributed by atoms with Gasteiger partial charge in [0.05, 0.1) is 11.4 Å². The maximum absolute atomic E-state index is 11.9. The highest BCUT2D eigenvalue weighted by Gasteiger charge is 2.10. The molecule has 0 radical (unpaired) electrons. The molecule has 5 heteroatoms. The molecule has 2 rings (SSSR count). The minimum Gasteiger partial charge on any atom is -0.502 e. The average Bonchev–Trinajstić information content (AvgIpc) is 2.37. The van der Waals surface area contributed by atoms with E-state index in [4.69, 9.17) is 0 Å². The first-order chi connectivity index (χ1) is 8.54. The minimum absolute atomic E-state index is 0.278. The first-order valence-corrected chi connectivity index (χ1v) is 5.38. The lowest BCUT2D eigenvalue weighted by molar-refractivity contribution is 0.112. The second kappa shape index (κ2) is 4.44. The van der Waals surface area contributed by atoms with Gasteiger partial charge in [0.2, 0.25) is 5.75 Å². The van der Waals surface area contributed by atoms with Crippen LogP contribution in [0.1, 0.15) is 21.6 Å². The Morgan fingerprint density at radius 3 is 2.72 bits per heavy atom. The van der Waals surface area contributed by atoms with E-state index in [1.165, 1.54) is 10.9 Å². The third-order valence-electron chi connectivity index (χ3n) is 2.76. The average molecular weight is 244 g/mol. The smallest absolute Gasteiger partial charge is 0.300 e. The predicted molar refractivity (Wildman–Crippen MR) is 66.4 cm³/mol. The molecule has 0 aliphatic carbocycles. The maximum atomic E-state index is 11.9. The van der Waals surface area contributed by atoms with Gasteiger partial charge < -0.3 is 5.11 Å². The highest BCUT2D eigenvalue weighted by atomic mass is 16.3. The van der Waals surface area contributed by atoms with Crippen LogP contribution in [-0.2, 0) is 0 Å². The van der Waals surface area contributed by atoms with Gasteiger partial charge in [0.25, 0.3) is 5.56 Å². The number of carbonyl (C=O) groups is 1. The first kappa shape index (κ1) is 12.0. The zero-order chi connectivity index (χ0) is 13.3. The predicted octanol–water partition coefficient (Wildman–Crippen LogP) is 1.37. The summed E-state index contributed by atoms with van der Waals surface area (Å²) in [6.45, 7) is 3.36. The molecule has 0 unspecified atom stereocenters. The van der Waals surface area contributed by atoms with Crippen LogP contribution in [0.2, 0.25) is 0 Å². The molecule has 1 heterocycles. The molecule has 5 nitrogen and oxygen atoms in total. The van der Waals surface area contributed by atoms with Gasteiger partial charge in [-0.1, -0.05) is 12.1 Å². The van der Waals surface area contributed by atoms with E-state index in [-0.39, 0.29) is 11.4 Å². The van der Waals surface area contributed by atoms with E-state index in [2.05, 4.69) is 4.98 Å². The van der Waals surface area contributed by atoms with Gasteiger partial charge in [-0.3, -0.25) is 14.2 Å². The molecular formula is C13H12N2O3. The van der Waals surface area contributed by atoms with Crippen molar-refractivity contribution in [3.8, 4) is 11.4 Å². The molecule has 0 aliphatic heterocycles. The fourth-order valence-corrected chi connectivity index (χ4v) is 1.66. The Bertz CT molecular complexity index is 674. The van der Waals surface area contributed by atoms with E-state index in [1.807, 2.05) is 6.92 Å². The quantitative estimate of drug-likeness (QED) is 0.810. The zero-order valence-electron chi connectivity index (χ0n) is 10.0. The third kappa shape index (κ3) is 1.90. The van der Waals surface area contributed by atoms with Gasteiger partial charge in [-0.2, -0.15) is 0 Å². The standard InChI is InChI=1S/C13H12N2O3/c1-8-3-4-10(6-16)5-11(8)15-7-14-9(2)12(17)13(15)18/h3-7,17H,1-2H3. The van der Waals surface area contributed by atoms with Crippen LogP contribution in [0.5, 0.6) is 5.75 Å². The number of aromatic nitrogens is 2. The van der Waals surface area contributed by atoms with Crippen molar-refractivity contribution in [3.05, 3.63) is 51.7 Å². The van der Waals surface area contributed by atoms with Crippen molar-refractivity contribution < 1.29 is 9.90 Å². The number of hydrogen-bond acceptors (Lipinski definition) is 4. The second-order valence-electron chi connectivity index (χ2n) is 4.02. The zero-order valence-corrected chi connectivity index (χ0v) is 10.0. The second-order valence-corrected chi connectivity index (χ2v) is 4.02. The van der Waals surface area contributed by atoms with E-state index >= 15 is 0 Å². The van der Waals surface area contributed by atoms with Crippen molar-refractivity contribution in [1.29, 1.82) is 0 Å². The van der Waals surface area contributed by atoms with Crippen LogP contribution in [-0.4, -0.2) is 20.9 Å². The molecule has 0 saturated carbocycles. The van der Waals surface area contributed by atoms with Crippen LogP contribution in [0.4, 0.5) is 0 Å². The van der Waals surface area contributed by atoms with Crippen LogP contribution in [0.3, 0.4) is 0 Å². The summed E-state index contributed by atoms with van der Waals surface area (Å²) in [5.74, 6) is -0.381. The van der Waals surface area contributed by atoms with Gasteiger partial charge in [0, 0.05) is 5.56 Å². The molecule has 1 aromatic heterocycles. The molecule has 0 fully saturated rings. The topological polar surface area (TPSA) is 72.2 Å². The van der Waals surface area contributed by atoms with Crippen LogP contribution >= 0.6 is 0 Å². The third-order valence-corrected chi connectivity index (χ3v) is 2.76. The number of hydrogen-bond donors (Lipinski definition) is 1. The van der Waals surface area contributed by atoms with Crippen LogP contribution in [0.25, 0.3) is 5.69 Å². The van der Waals surface area contributed by atoms with Gasteiger partial charge in [0.15, 0.2) is 0 Å². The molecule has 0 bridgehead atoms. The Kier molecular flexibility index (Phi) is 2.97. The summed E-state index contributed by atoms with van der Waals surface area (Å²) in [5.41, 5.74) is 1.54. The Morgan fingerprint density at radius 2 is 2.06 bits per heavy atom. The van der Waals surface area contributed by atoms with E-state index < -0.39 is 5.56 Å². The maximum Gasteiger partial charge on any atom is 0.300 e. The normalized spacial score (nSPS) is 10.3. The molecule has 0 amide bonds. The monoisotopic (exact) mass is 244 g/mol. The minimum atomic E-state index is -0.548. The van der Waals surface area contributed by atoms with Gasteiger partial charge in [-0.05, 0) is 25.5 Å². The van der Waals surface area contributed by atoms with Gasteiger partial charge in [-0.15, -0.1) is 0 Å². The van der Waals surface area contributed by atoms with Gasteiger partial charge in [0.1, 0.15) is 12.6 Å². The molecule has 1 aromatic carbocycles. The number of rotatable bonds is 2. The summed E-state index contributed by atoms with van der Waals surface area (Å²) >= 11 is 0. The fourth-order valence-electron chi connectivity index (χ4n) is 1.66. The van der Waals surface area contributed by atoms with Crippen molar-refractivity contribution in [1.82, 2.24) is 9.55 Å². The van der Waals surface area contributed by atoms with Crippen molar-refractivity contribution in [3.63, 3.8) is 0 Å². The number of benzene rings is 1. The van der Waals surface area contributed by atoms with Crippen molar-refractivity contribution in [2.75, 3.05) is 0 Å². The highest BCUT2D eigenvalue weighted by molar-refractivity contribution is 5.76. The summed E-state index contributed by atoms with van der Waals surface area (Å²) in [4.78, 5) is 26.6. The molecule has 92 valence electrons. The largest absolute Gasteiger partial charge is 0.502 e. The lowest BCUT2D eigenvalue weighted by Gasteiger charge is -2.10. The van der Waals surface area contributed by atoms with E-state index in [0.29, 0.717) is 17.5 Å². The lowest BCUT2D eigenvalue weighted by atomic mass is 10.1.